The molecule has 8 aliphatic rings. The molecule has 4 aromatic rings. The maximum absolute atomic E-state index is 12.9. The molecule has 8 aliphatic heterocycles. The van der Waals surface area contributed by atoms with Crippen LogP contribution in [-0.4, -0.2) is 225 Å². The van der Waals surface area contributed by atoms with Gasteiger partial charge in [-0.1, -0.05) is 24.3 Å². The Labute approximate surface area is 524 Å². The molecule has 0 amide bonds. The minimum absolute atomic E-state index is 0.0662. The molecule has 3 aromatic heterocycles. The van der Waals surface area contributed by atoms with Crippen LogP contribution in [0.3, 0.4) is 0 Å². The van der Waals surface area contributed by atoms with E-state index in [0.29, 0.717) is 18.4 Å². The first-order valence-electron chi connectivity index (χ1n) is 28.2. The summed E-state index contributed by atoms with van der Waals surface area (Å²) in [7, 11) is -6.38. The fourth-order valence-electron chi connectivity index (χ4n) is 12.3. The van der Waals surface area contributed by atoms with Crippen molar-refractivity contribution in [2.75, 3.05) is 110 Å². The molecule has 514 valence electrons. The summed E-state index contributed by atoms with van der Waals surface area (Å²) in [5.74, 6) is 0. The molecule has 40 heteroatoms. The average molecular weight is 1390 g/mol. The highest BCUT2D eigenvalue weighted by Crippen LogP contribution is 2.57. The van der Waals surface area contributed by atoms with E-state index in [1.54, 1.807) is 49.8 Å². The minimum atomic E-state index is -4.30. The standard InChI is InChI=1S/C17H20NO8P.C13H18NO8P.C12H18N3O8P.C10H19O7P/c1-22-9-17-10-24-13(14(17)26-27(20,21)23-2)16(25-17)18-8-7-11-5-3-4-6-12(11)15(18)19;1-18-7-13-8-20-10(11(13)22-23(16,17)19-2)12(21-13)14-6-4-3-5-9(14)15;1-20-5-12-6-22-8(9(12)14-24(18,19)21-2)10(23-12)15-4-3-7(16)13-11(15)17;1-7-8-9(17-18(11,12)14-3)10(16-7,6-13-2)4-5-15-8/h3-8,13-14,16H,9-10H2,1-2H3,(H,20,21);3-6,10-12H,7-8H2,1-2H3,(H,16,17);3-4,8-10H,5-6H2,1-2H3,(H,13,16,17)(H2,14,18,19);7-9H,4-6H2,1-3H3,(H,11,12)/t13-,14+,16-,17+;10-,11+,12-,13+;8-,9+,10-,12+;7-,8+,9-,10+/m1110/s1. The fraction of sp³-hybridized carbons (Fsp3) is 0.654. The summed E-state index contributed by atoms with van der Waals surface area (Å²) in [5, 5.41) is 3.84. The van der Waals surface area contributed by atoms with Crippen molar-refractivity contribution in [3.05, 3.63) is 115 Å². The predicted octanol–water partition coefficient (Wildman–Crippen LogP) is 1.01. The van der Waals surface area contributed by atoms with Gasteiger partial charge in [0.05, 0.1) is 65.0 Å². The maximum atomic E-state index is 12.9. The van der Waals surface area contributed by atoms with Gasteiger partial charge < -0.3 is 80.9 Å². The Morgan fingerprint density at radius 2 is 1.01 bits per heavy atom. The van der Waals surface area contributed by atoms with Crippen LogP contribution in [0.15, 0.2) is 92.4 Å². The van der Waals surface area contributed by atoms with Crippen molar-refractivity contribution in [2.24, 2.45) is 0 Å². The van der Waals surface area contributed by atoms with Gasteiger partial charge in [-0.05, 0) is 30.5 Å². The van der Waals surface area contributed by atoms with Gasteiger partial charge in [0.2, 0.25) is 0 Å². The van der Waals surface area contributed by atoms with Crippen molar-refractivity contribution in [3.63, 3.8) is 0 Å². The number of nitrogens with zero attached hydrogens (tertiary/aromatic N) is 3. The summed E-state index contributed by atoms with van der Waals surface area (Å²) in [4.78, 5) is 88.9. The average Bonchev–Trinajstić information content (AvgIpc) is 1.59. The number of H-pyrrole nitrogens is 1. The number of rotatable bonds is 23. The molecule has 92 heavy (non-hydrogen) atoms. The molecule has 0 saturated carbocycles. The quantitative estimate of drug-likeness (QED) is 0.0564. The first-order chi connectivity index (χ1) is 43.6. The lowest BCUT2D eigenvalue weighted by Gasteiger charge is -2.38. The van der Waals surface area contributed by atoms with E-state index < -0.39 is 126 Å². The first kappa shape index (κ1) is 72.3. The van der Waals surface area contributed by atoms with Gasteiger partial charge in [-0.15, -0.1) is 0 Å². The van der Waals surface area contributed by atoms with Crippen LogP contribution in [-0.2, 0) is 107 Å². The summed E-state index contributed by atoms with van der Waals surface area (Å²) in [6.07, 6.45) is -2.86. The van der Waals surface area contributed by atoms with Crippen LogP contribution >= 0.6 is 31.2 Å². The summed E-state index contributed by atoms with van der Waals surface area (Å²) in [5.41, 5.74) is -5.76. The second kappa shape index (κ2) is 29.0. The van der Waals surface area contributed by atoms with Gasteiger partial charge in [0.25, 0.3) is 16.7 Å². The van der Waals surface area contributed by atoms with Crippen molar-refractivity contribution in [2.45, 2.75) is 109 Å². The van der Waals surface area contributed by atoms with Crippen molar-refractivity contribution in [3.8, 4) is 0 Å². The Morgan fingerprint density at radius 3 is 1.55 bits per heavy atom. The SMILES string of the molecule is COC[C@@]12CCO[C@H]([C@H](C)O1)[C@@H]2OP(=O)(O)OC.COC[C@@]12CO[C@@H]([C@H](n3ccc(=O)[nH]c3=O)O1)[C@@H]2NP(=O)(O)OC.COC[C@@]12CO[C@@H]([C@H](n3ccc4ccccc4c3=O)O1)[C@@H]2OP(=O)(O)OC.COC[C@@]12CO[C@@H]([C@H](n3ccccc3=O)O1)[C@@H]2OP(=O)(O)OC. The van der Waals surface area contributed by atoms with E-state index in [1.165, 1.54) is 48.8 Å². The normalized spacial score (nSPS) is 35.6. The lowest BCUT2D eigenvalue weighted by Crippen LogP contribution is -2.52. The Kier molecular flexibility index (Phi) is 22.8. The van der Waals surface area contributed by atoms with Gasteiger partial charge in [-0.2, -0.15) is 0 Å². The zero-order valence-corrected chi connectivity index (χ0v) is 54.7. The van der Waals surface area contributed by atoms with E-state index in [0.717, 1.165) is 38.4 Å². The number of benzene rings is 1. The van der Waals surface area contributed by atoms with Gasteiger partial charge in [-0.3, -0.25) is 60.2 Å². The van der Waals surface area contributed by atoms with Crippen molar-refractivity contribution < 1.29 is 126 Å². The lowest BCUT2D eigenvalue weighted by atomic mass is 9.90. The smallest absolute Gasteiger partial charge is 0.382 e. The molecule has 6 N–H and O–H groups in total. The molecule has 1 aromatic carbocycles. The van der Waals surface area contributed by atoms with Gasteiger partial charge in [-0.25, -0.2) is 28.1 Å². The summed E-state index contributed by atoms with van der Waals surface area (Å²) < 4.78 is 152. The number of nitrogens with one attached hydrogen (secondary N) is 2. The topological polar surface area (TPSA) is 435 Å². The number of phosphoric acid groups is 3. The molecule has 12 rings (SSSR count). The Bertz CT molecular complexity index is 3670. The highest BCUT2D eigenvalue weighted by Gasteiger charge is 2.67. The molecule has 4 unspecified atom stereocenters. The zero-order chi connectivity index (χ0) is 66.8. The van der Waals surface area contributed by atoms with Gasteiger partial charge >= 0.3 is 36.9 Å². The summed E-state index contributed by atoms with van der Waals surface area (Å²) in [6, 6.07) is 14.1. The van der Waals surface area contributed by atoms with E-state index in [2.05, 4.69) is 28.2 Å². The minimum Gasteiger partial charge on any atom is -0.382 e. The van der Waals surface area contributed by atoms with E-state index in [1.807, 2.05) is 19.1 Å². The van der Waals surface area contributed by atoms with Gasteiger partial charge in [0.1, 0.15) is 65.1 Å². The van der Waals surface area contributed by atoms with Crippen LogP contribution in [0.4, 0.5) is 0 Å². The maximum Gasteiger partial charge on any atom is 0.472 e. The zero-order valence-electron chi connectivity index (χ0n) is 51.2. The fourth-order valence-corrected chi connectivity index (χ4v) is 15.2. The van der Waals surface area contributed by atoms with Crippen LogP contribution in [0, 0.1) is 0 Å². The number of hydrogen-bond acceptors (Lipinski definition) is 27. The number of phosphoric ester groups is 3. The third kappa shape index (κ3) is 14.8. The number of aromatic amines is 1. The van der Waals surface area contributed by atoms with E-state index in [9.17, 15) is 57.0 Å². The summed E-state index contributed by atoms with van der Waals surface area (Å²) >= 11 is 0. The molecule has 20 atom stereocenters. The van der Waals surface area contributed by atoms with Crippen LogP contribution in [0.2, 0.25) is 0 Å². The number of ether oxygens (including phenoxy) is 12. The molecule has 8 fully saturated rings. The van der Waals surface area contributed by atoms with Gasteiger partial charge in [0, 0.05) is 99.4 Å². The van der Waals surface area contributed by atoms with Crippen LogP contribution in [0.1, 0.15) is 32.0 Å². The Hall–Kier alpha value is -3.98. The molecule has 0 radical (unpaired) electrons. The number of methoxy groups -OCH3 is 4. The summed E-state index contributed by atoms with van der Waals surface area (Å²) in [6.45, 7) is 3.20. The number of pyridine rings is 2. The van der Waals surface area contributed by atoms with E-state index in [-0.39, 0.29) is 69.6 Å². The van der Waals surface area contributed by atoms with Crippen LogP contribution in [0.25, 0.3) is 10.8 Å². The van der Waals surface area contributed by atoms with Crippen molar-refractivity contribution in [1.82, 2.24) is 23.8 Å². The molecule has 8 bridgehead atoms. The molecule has 36 nitrogen and oxygen atoms in total. The molecule has 0 aliphatic carbocycles. The molecule has 8 saturated heterocycles. The number of fused-ring (bicyclic) bond motifs is 9. The van der Waals surface area contributed by atoms with E-state index >= 15 is 0 Å². The second-order valence-electron chi connectivity index (χ2n) is 22.2. The molecular formula is C52H75N5O31P4. The number of aromatic nitrogens is 4. The number of hydrogen-bond donors (Lipinski definition) is 6. The largest absolute Gasteiger partial charge is 0.472 e. The third-order valence-corrected chi connectivity index (χ3v) is 20.4. The van der Waals surface area contributed by atoms with Crippen LogP contribution < -0.4 is 27.5 Å². The molecule has 11 heterocycles. The molecular weight excluding hydrogens is 1310 g/mol. The Balaban J connectivity index is 0.000000146. The second-order valence-corrected chi connectivity index (χ2v) is 28.4. The third-order valence-electron chi connectivity index (χ3n) is 16.4. The van der Waals surface area contributed by atoms with Crippen LogP contribution in [0.5, 0.6) is 0 Å². The highest BCUT2D eigenvalue weighted by molar-refractivity contribution is 7.50. The van der Waals surface area contributed by atoms with E-state index in [4.69, 9.17) is 70.4 Å². The highest BCUT2D eigenvalue weighted by atomic mass is 31.2. The predicted molar refractivity (Wildman–Crippen MR) is 312 cm³/mol. The molecule has 0 spiro atoms. The monoisotopic (exact) mass is 1390 g/mol. The first-order valence-corrected chi connectivity index (χ1v) is 34.2. The van der Waals surface area contributed by atoms with Gasteiger partial charge in [0.15, 0.2) is 18.7 Å². The lowest BCUT2D eigenvalue weighted by molar-refractivity contribution is -0.190. The van der Waals surface area contributed by atoms with Crippen molar-refractivity contribution in [1.29, 1.82) is 0 Å². The van der Waals surface area contributed by atoms with Crippen molar-refractivity contribution >= 4 is 42.0 Å². The Morgan fingerprint density at radius 1 is 0.533 bits per heavy atom.